The fraction of sp³-hybridized carbons (Fsp3) is 0.413. The molecule has 2 aliphatic carbocycles. The van der Waals surface area contributed by atoms with Crippen molar-refractivity contribution in [3.8, 4) is 11.5 Å². The second kappa shape index (κ2) is 25.7. The van der Waals surface area contributed by atoms with Crippen LogP contribution in [0.3, 0.4) is 0 Å². The molecule has 3 aliphatic heterocycles. The fourth-order valence-electron chi connectivity index (χ4n) is 12.4. The van der Waals surface area contributed by atoms with E-state index in [2.05, 4.69) is 66.4 Å². The van der Waals surface area contributed by atoms with Crippen LogP contribution in [0.4, 0.5) is 17.1 Å². The van der Waals surface area contributed by atoms with Crippen LogP contribution in [0, 0.1) is 21.4 Å². The smallest absolute Gasteiger partial charge is 0.293 e. The molecular formula is C63H71ClN10O9S2. The van der Waals surface area contributed by atoms with E-state index in [0.29, 0.717) is 55.6 Å². The van der Waals surface area contributed by atoms with Crippen LogP contribution in [-0.2, 0) is 26.2 Å². The topological polar surface area (TPSA) is 241 Å². The molecule has 2 saturated heterocycles. The normalized spacial score (nSPS) is 20.1. The van der Waals surface area contributed by atoms with Crippen LogP contribution in [0.1, 0.15) is 116 Å². The standard InChI is InChI=1S/C63H71ClN10O9S2/c1-63(2)24-22-43(51(35-63)41-10-12-44(64)13-11-41)38-71-27-29-72(30-28-71)46-16-18-50(56(33-46)83-47-32-42-23-26-66-59(42)68-37-47)60(76)70-85(81,82)48-17-19-53(55(34-48)74(79)80)67-36-40-8-14-45(15-9-40)65-25-3-4-31-84-57-7-5-6-49-52(57)39-73(62(49)78)54-20-21-58(75)69-61(54)77/h5-7,10-13,16-19,23,26,32-34,37,40,45,54,65,67H,3-4,8-9,14-15,20-22,24-25,27-31,35-36,38-39H2,1-2H3,(H,66,68)(H,70,76)(H,69,75,77)/t40-,45-,54?. The SMILES string of the molecule is CC1(C)CCC(CN2CCN(c3ccc(C(=O)NS(=O)(=O)c4ccc(NC[C@H]5CC[C@H](NCCCCSc6cccc7c6CN(C6CCC(=O)NC6=O)C7=O)CC5)c([N+](=O)[O-])c4)c(Oc4cnc5[nH]ccc5c4)c3)CC2)=C(c2ccc(Cl)cc2)C1. The van der Waals surface area contributed by atoms with E-state index in [-0.39, 0.29) is 46.6 Å². The van der Waals surface area contributed by atoms with Crippen molar-refractivity contribution >= 4 is 90.7 Å². The van der Waals surface area contributed by atoms with Crippen molar-refractivity contribution in [3.05, 3.63) is 146 Å². The molecular weight excluding hydrogens is 1140 g/mol. The monoisotopic (exact) mass is 1210 g/mol. The number of aromatic amines is 1. The number of rotatable bonds is 21. The number of ether oxygens (including phenoxy) is 1. The number of hydrogen-bond donors (Lipinski definition) is 5. The number of carbonyl (C=O) groups excluding carboxylic acids is 4. The van der Waals surface area contributed by atoms with Crippen molar-refractivity contribution in [2.24, 2.45) is 11.3 Å². The molecule has 85 heavy (non-hydrogen) atoms. The van der Waals surface area contributed by atoms with Gasteiger partial charge in [-0.25, -0.2) is 18.1 Å². The summed E-state index contributed by atoms with van der Waals surface area (Å²) in [6.07, 6.45) is 12.6. The highest BCUT2D eigenvalue weighted by Crippen LogP contribution is 2.44. The number of nitro groups is 1. The van der Waals surface area contributed by atoms with E-state index in [1.807, 2.05) is 30.3 Å². The number of H-pyrrole nitrogens is 1. The van der Waals surface area contributed by atoms with E-state index in [0.717, 1.165) is 122 Å². The second-order valence-corrected chi connectivity index (χ2v) is 27.0. The molecule has 446 valence electrons. The first-order valence-electron chi connectivity index (χ1n) is 29.3. The number of piperidine rings is 1. The van der Waals surface area contributed by atoms with Gasteiger partial charge in [0.2, 0.25) is 11.8 Å². The summed E-state index contributed by atoms with van der Waals surface area (Å²) in [6.45, 7) is 10.2. The predicted octanol–water partition coefficient (Wildman–Crippen LogP) is 10.7. The molecule has 0 radical (unpaired) electrons. The molecule has 1 saturated carbocycles. The maximum atomic E-state index is 14.2. The number of unbranched alkanes of at least 4 members (excludes halogenated alkanes) is 1. The number of allylic oxidation sites excluding steroid dienone is 1. The van der Waals surface area contributed by atoms with Crippen molar-refractivity contribution in [2.75, 3.05) is 61.8 Å². The van der Waals surface area contributed by atoms with Gasteiger partial charge in [0.15, 0.2) is 0 Å². The van der Waals surface area contributed by atoms with Crippen molar-refractivity contribution in [3.63, 3.8) is 0 Å². The Hall–Kier alpha value is -7.30. The number of sulfonamides is 1. The Labute approximate surface area is 504 Å². The first-order chi connectivity index (χ1) is 40.9. The van der Waals surface area contributed by atoms with Gasteiger partial charge in [0.25, 0.3) is 27.5 Å². The van der Waals surface area contributed by atoms with E-state index in [9.17, 15) is 37.7 Å². The number of nitrogens with zero attached hydrogens (tertiary/aromatic N) is 5. The van der Waals surface area contributed by atoms with Gasteiger partial charge >= 0.3 is 0 Å². The van der Waals surface area contributed by atoms with Gasteiger partial charge in [-0.1, -0.05) is 49.2 Å². The minimum absolute atomic E-state index is 0.0512. The van der Waals surface area contributed by atoms with E-state index < -0.39 is 43.4 Å². The summed E-state index contributed by atoms with van der Waals surface area (Å²) < 4.78 is 36.5. The number of thioether (sulfide) groups is 1. The maximum absolute atomic E-state index is 14.2. The first kappa shape index (κ1) is 59.4. The first-order valence-corrected chi connectivity index (χ1v) is 32.2. The van der Waals surface area contributed by atoms with Gasteiger partial charge < -0.3 is 30.2 Å². The number of piperazine rings is 1. The number of imide groups is 1. The third-order valence-corrected chi connectivity index (χ3v) is 20.0. The Bertz CT molecular complexity index is 3670. The third kappa shape index (κ3) is 14.0. The quantitative estimate of drug-likeness (QED) is 0.0148. The minimum Gasteiger partial charge on any atom is -0.455 e. The molecule has 6 aromatic rings. The molecule has 5 N–H and O–H groups in total. The summed E-state index contributed by atoms with van der Waals surface area (Å²) >= 11 is 7.99. The summed E-state index contributed by atoms with van der Waals surface area (Å²) in [7, 11) is -4.62. The highest BCUT2D eigenvalue weighted by Gasteiger charge is 2.40. The molecule has 0 bridgehead atoms. The molecule has 19 nitrogen and oxygen atoms in total. The molecule has 1 unspecified atom stereocenters. The van der Waals surface area contributed by atoms with Gasteiger partial charge in [0.1, 0.15) is 28.9 Å². The van der Waals surface area contributed by atoms with Gasteiger partial charge in [-0.05, 0) is 165 Å². The summed E-state index contributed by atoms with van der Waals surface area (Å²) in [6, 6.07) is 25.9. The average Bonchev–Trinajstić information content (AvgIpc) is 2.99. The number of carbonyl (C=O) groups is 4. The number of hydrogen-bond acceptors (Lipinski definition) is 15. The van der Waals surface area contributed by atoms with Crippen LogP contribution < -0.4 is 30.3 Å². The Morgan fingerprint density at radius 1 is 0.929 bits per heavy atom. The molecule has 0 spiro atoms. The van der Waals surface area contributed by atoms with Crippen LogP contribution >= 0.6 is 23.4 Å². The van der Waals surface area contributed by atoms with Crippen molar-refractivity contribution in [1.82, 2.24) is 35.1 Å². The van der Waals surface area contributed by atoms with Gasteiger partial charge in [0.05, 0.1) is 21.6 Å². The second-order valence-electron chi connectivity index (χ2n) is 23.7. The number of halogens is 1. The lowest BCUT2D eigenvalue weighted by molar-refractivity contribution is -0.384. The summed E-state index contributed by atoms with van der Waals surface area (Å²) in [5.74, 6) is -0.284. The zero-order valence-corrected chi connectivity index (χ0v) is 50.2. The zero-order valence-electron chi connectivity index (χ0n) is 47.8. The third-order valence-electron chi connectivity index (χ3n) is 17.3. The number of benzene rings is 4. The molecule has 1 atom stereocenters. The number of pyridine rings is 1. The number of nitro benzene ring substituents is 1. The molecule has 4 aromatic carbocycles. The molecule has 3 fully saturated rings. The highest BCUT2D eigenvalue weighted by atomic mass is 35.5. The lowest BCUT2D eigenvalue weighted by Gasteiger charge is -2.39. The molecule has 22 heteroatoms. The van der Waals surface area contributed by atoms with Gasteiger partial charge in [-0.3, -0.25) is 39.5 Å². The number of fused-ring (bicyclic) bond motifs is 2. The maximum Gasteiger partial charge on any atom is 0.293 e. The van der Waals surface area contributed by atoms with Gasteiger partial charge in [-0.2, -0.15) is 0 Å². The summed E-state index contributed by atoms with van der Waals surface area (Å²) in [4.78, 5) is 77.9. The molecule has 11 rings (SSSR count). The number of aromatic nitrogens is 2. The van der Waals surface area contributed by atoms with Crippen LogP contribution in [0.2, 0.25) is 5.02 Å². The van der Waals surface area contributed by atoms with Crippen LogP contribution in [-0.4, -0.2) is 120 Å². The lowest BCUT2D eigenvalue weighted by atomic mass is 9.72. The van der Waals surface area contributed by atoms with Crippen molar-refractivity contribution < 1.29 is 37.3 Å². The summed E-state index contributed by atoms with van der Waals surface area (Å²) in [5, 5.41) is 23.2. The lowest BCUT2D eigenvalue weighted by Crippen LogP contribution is -2.52. The zero-order chi connectivity index (χ0) is 59.4. The Morgan fingerprint density at radius 3 is 2.51 bits per heavy atom. The fourth-order valence-corrected chi connectivity index (χ4v) is 14.6. The Morgan fingerprint density at radius 2 is 1.73 bits per heavy atom. The van der Waals surface area contributed by atoms with Crippen molar-refractivity contribution in [2.45, 2.75) is 113 Å². The van der Waals surface area contributed by atoms with Gasteiger partial charge in [-0.15, -0.1) is 11.8 Å². The van der Waals surface area contributed by atoms with E-state index >= 15 is 0 Å². The number of nitrogens with one attached hydrogen (secondary N) is 5. The Balaban J connectivity index is 0.669. The minimum atomic E-state index is -4.62. The molecule has 5 aliphatic rings. The van der Waals surface area contributed by atoms with Gasteiger partial charge in [0, 0.05) is 103 Å². The number of amides is 4. The van der Waals surface area contributed by atoms with Crippen LogP contribution in [0.5, 0.6) is 11.5 Å². The average molecular weight is 1210 g/mol. The molecule has 2 aromatic heterocycles. The number of anilines is 2. The molecule has 5 heterocycles. The molecule has 4 amide bonds. The van der Waals surface area contributed by atoms with Crippen molar-refractivity contribution in [1.29, 1.82) is 0 Å². The van der Waals surface area contributed by atoms with Crippen LogP contribution in [0.25, 0.3) is 16.6 Å². The highest BCUT2D eigenvalue weighted by molar-refractivity contribution is 7.99. The predicted molar refractivity (Wildman–Crippen MR) is 330 cm³/mol. The summed E-state index contributed by atoms with van der Waals surface area (Å²) in [5.41, 5.74) is 7.00. The van der Waals surface area contributed by atoms with E-state index in [4.69, 9.17) is 16.3 Å². The van der Waals surface area contributed by atoms with E-state index in [1.165, 1.54) is 35.0 Å². The van der Waals surface area contributed by atoms with E-state index in [1.54, 1.807) is 53.2 Å². The van der Waals surface area contributed by atoms with Crippen LogP contribution in [0.15, 0.2) is 119 Å². The Kier molecular flexibility index (Phi) is 18.0. The largest absolute Gasteiger partial charge is 0.455 e.